The molecule has 0 saturated heterocycles. The van der Waals surface area contributed by atoms with E-state index in [1.165, 1.54) is 6.20 Å². The van der Waals surface area contributed by atoms with Gasteiger partial charge >= 0.3 is 6.08 Å². The Morgan fingerprint density at radius 1 is 1.23 bits per heavy atom. The van der Waals surface area contributed by atoms with E-state index in [1.807, 2.05) is 18.2 Å². The third-order valence-electron chi connectivity index (χ3n) is 1.40. The SMILES string of the molecule is Clc1cnc(Oc2ccccc2)o1. The molecule has 0 fully saturated rings. The topological polar surface area (TPSA) is 35.3 Å². The molecule has 1 heterocycles. The molecule has 2 rings (SSSR count). The molecule has 0 amide bonds. The monoisotopic (exact) mass is 195 g/mol. The van der Waals surface area contributed by atoms with Gasteiger partial charge in [0.15, 0.2) is 0 Å². The Bertz CT molecular complexity index is 386. The van der Waals surface area contributed by atoms with Crippen molar-refractivity contribution in [2.45, 2.75) is 0 Å². The zero-order chi connectivity index (χ0) is 9.10. The van der Waals surface area contributed by atoms with Crippen LogP contribution in [0.15, 0.2) is 40.9 Å². The van der Waals surface area contributed by atoms with Crippen LogP contribution in [0.3, 0.4) is 0 Å². The van der Waals surface area contributed by atoms with Gasteiger partial charge in [-0.15, -0.1) is 0 Å². The van der Waals surface area contributed by atoms with Crippen molar-refractivity contribution >= 4 is 11.6 Å². The highest BCUT2D eigenvalue weighted by atomic mass is 35.5. The summed E-state index contributed by atoms with van der Waals surface area (Å²) in [5, 5.41) is 0.214. The number of hydrogen-bond acceptors (Lipinski definition) is 3. The third-order valence-corrected chi connectivity index (χ3v) is 1.58. The number of nitrogens with zero attached hydrogens (tertiary/aromatic N) is 1. The van der Waals surface area contributed by atoms with Gasteiger partial charge in [0.2, 0.25) is 5.22 Å². The van der Waals surface area contributed by atoms with E-state index >= 15 is 0 Å². The molecule has 13 heavy (non-hydrogen) atoms. The van der Waals surface area contributed by atoms with E-state index in [-0.39, 0.29) is 11.3 Å². The summed E-state index contributed by atoms with van der Waals surface area (Å²) in [5.41, 5.74) is 0. The molecular formula is C9H6ClNO2. The summed E-state index contributed by atoms with van der Waals surface area (Å²) in [7, 11) is 0. The van der Waals surface area contributed by atoms with Crippen molar-refractivity contribution in [3.8, 4) is 11.8 Å². The number of rotatable bonds is 2. The van der Waals surface area contributed by atoms with Crippen molar-refractivity contribution in [2.24, 2.45) is 0 Å². The minimum atomic E-state index is 0.149. The molecule has 0 aliphatic heterocycles. The van der Waals surface area contributed by atoms with Crippen LogP contribution in [0.4, 0.5) is 0 Å². The largest absolute Gasteiger partial charge is 0.411 e. The summed E-state index contributed by atoms with van der Waals surface area (Å²) in [5.74, 6) is 0.668. The summed E-state index contributed by atoms with van der Waals surface area (Å²) in [6.07, 6.45) is 1.54. The molecule has 0 radical (unpaired) electrons. The van der Waals surface area contributed by atoms with Gasteiger partial charge in [-0.2, -0.15) is 4.98 Å². The average Bonchev–Trinajstić information content (AvgIpc) is 2.53. The van der Waals surface area contributed by atoms with E-state index in [1.54, 1.807) is 12.1 Å². The van der Waals surface area contributed by atoms with Crippen molar-refractivity contribution in [3.63, 3.8) is 0 Å². The molecule has 1 aromatic carbocycles. The summed E-state index contributed by atoms with van der Waals surface area (Å²) in [6.45, 7) is 0. The second kappa shape index (κ2) is 3.49. The zero-order valence-corrected chi connectivity index (χ0v) is 7.36. The molecule has 4 heteroatoms. The third kappa shape index (κ3) is 2.00. The van der Waals surface area contributed by atoms with E-state index in [9.17, 15) is 0 Å². The highest BCUT2D eigenvalue weighted by Gasteiger charge is 2.02. The first-order valence-electron chi connectivity index (χ1n) is 3.69. The quantitative estimate of drug-likeness (QED) is 0.739. The maximum Gasteiger partial charge on any atom is 0.400 e. The van der Waals surface area contributed by atoms with Crippen LogP contribution in [0, 0.1) is 0 Å². The summed E-state index contributed by atoms with van der Waals surface area (Å²) in [6, 6.07) is 9.23. The lowest BCUT2D eigenvalue weighted by molar-refractivity contribution is 0.331. The molecule has 2 aromatic rings. The fraction of sp³-hybridized carbons (Fsp3) is 0. The summed E-state index contributed by atoms with van der Waals surface area (Å²) >= 11 is 5.52. The molecule has 0 aliphatic carbocycles. The fourth-order valence-electron chi connectivity index (χ4n) is 0.876. The van der Waals surface area contributed by atoms with Gasteiger partial charge in [-0.1, -0.05) is 18.2 Å². The maximum atomic E-state index is 5.52. The van der Waals surface area contributed by atoms with E-state index in [0.29, 0.717) is 5.75 Å². The van der Waals surface area contributed by atoms with E-state index in [4.69, 9.17) is 20.8 Å². The highest BCUT2D eigenvalue weighted by Crippen LogP contribution is 2.22. The van der Waals surface area contributed by atoms with Crippen LogP contribution in [0.1, 0.15) is 0 Å². The van der Waals surface area contributed by atoms with E-state index in [2.05, 4.69) is 4.98 Å². The first-order valence-corrected chi connectivity index (χ1v) is 4.06. The van der Waals surface area contributed by atoms with Crippen molar-refractivity contribution in [2.75, 3.05) is 0 Å². The van der Waals surface area contributed by atoms with Gasteiger partial charge in [0.1, 0.15) is 5.75 Å². The predicted octanol–water partition coefficient (Wildman–Crippen LogP) is 3.12. The lowest BCUT2D eigenvalue weighted by atomic mass is 10.3. The normalized spacial score (nSPS) is 9.92. The van der Waals surface area contributed by atoms with Gasteiger partial charge < -0.3 is 9.15 Å². The molecule has 0 spiro atoms. The number of aromatic nitrogens is 1. The minimum absolute atomic E-state index is 0.149. The Hall–Kier alpha value is -1.48. The van der Waals surface area contributed by atoms with Gasteiger partial charge in [-0.25, -0.2) is 0 Å². The molecule has 0 unspecified atom stereocenters. The Balaban J connectivity index is 2.15. The summed E-state index contributed by atoms with van der Waals surface area (Å²) < 4.78 is 10.2. The van der Waals surface area contributed by atoms with Crippen LogP contribution < -0.4 is 4.74 Å². The number of ether oxygens (including phenoxy) is 1. The molecular weight excluding hydrogens is 190 g/mol. The number of benzene rings is 1. The van der Waals surface area contributed by atoms with Gasteiger partial charge in [0.05, 0.1) is 6.20 Å². The number of para-hydroxylation sites is 1. The Morgan fingerprint density at radius 2 is 2.00 bits per heavy atom. The smallest absolute Gasteiger partial charge is 0.400 e. The van der Waals surface area contributed by atoms with Crippen LogP contribution in [0.25, 0.3) is 0 Å². The lowest BCUT2D eigenvalue weighted by Crippen LogP contribution is -1.81. The van der Waals surface area contributed by atoms with Crippen LogP contribution in [-0.2, 0) is 0 Å². The first-order chi connectivity index (χ1) is 6.34. The Kier molecular flexibility index (Phi) is 2.19. The van der Waals surface area contributed by atoms with E-state index < -0.39 is 0 Å². The van der Waals surface area contributed by atoms with Gasteiger partial charge in [0.25, 0.3) is 0 Å². The van der Waals surface area contributed by atoms with Crippen LogP contribution in [0.5, 0.6) is 11.8 Å². The molecule has 0 saturated carbocycles. The van der Waals surface area contributed by atoms with Gasteiger partial charge in [0, 0.05) is 0 Å². The molecule has 66 valence electrons. The standard InChI is InChI=1S/C9H6ClNO2/c10-8-6-11-9(13-8)12-7-4-2-1-3-5-7/h1-6H. The zero-order valence-electron chi connectivity index (χ0n) is 6.61. The predicted molar refractivity (Wildman–Crippen MR) is 48.0 cm³/mol. The first kappa shape index (κ1) is 8.13. The molecule has 0 N–H and O–H groups in total. The molecule has 3 nitrogen and oxygen atoms in total. The second-order valence-electron chi connectivity index (χ2n) is 2.35. The Morgan fingerprint density at radius 3 is 2.62 bits per heavy atom. The summed E-state index contributed by atoms with van der Waals surface area (Å²) in [4.78, 5) is 3.79. The fourth-order valence-corrected chi connectivity index (χ4v) is 0.991. The second-order valence-corrected chi connectivity index (χ2v) is 2.72. The molecule has 0 atom stereocenters. The number of halogens is 1. The molecule has 0 bridgehead atoms. The lowest BCUT2D eigenvalue weighted by Gasteiger charge is -1.97. The van der Waals surface area contributed by atoms with E-state index in [0.717, 1.165) is 0 Å². The van der Waals surface area contributed by atoms with Crippen LogP contribution >= 0.6 is 11.6 Å². The van der Waals surface area contributed by atoms with Crippen LogP contribution in [-0.4, -0.2) is 4.98 Å². The molecule has 1 aromatic heterocycles. The van der Waals surface area contributed by atoms with Gasteiger partial charge in [-0.3, -0.25) is 0 Å². The van der Waals surface area contributed by atoms with Crippen LogP contribution in [0.2, 0.25) is 5.22 Å². The number of oxazole rings is 1. The number of hydrogen-bond donors (Lipinski definition) is 0. The minimum Gasteiger partial charge on any atom is -0.411 e. The Labute approximate surface area is 79.9 Å². The van der Waals surface area contributed by atoms with Crippen molar-refractivity contribution in [3.05, 3.63) is 41.7 Å². The molecule has 0 aliphatic rings. The van der Waals surface area contributed by atoms with Crippen molar-refractivity contribution in [1.29, 1.82) is 0 Å². The average molecular weight is 196 g/mol. The van der Waals surface area contributed by atoms with Gasteiger partial charge in [-0.05, 0) is 23.7 Å². The van der Waals surface area contributed by atoms with Crippen molar-refractivity contribution in [1.82, 2.24) is 4.98 Å². The highest BCUT2D eigenvalue weighted by molar-refractivity contribution is 6.28. The maximum absolute atomic E-state index is 5.52. The van der Waals surface area contributed by atoms with Crippen molar-refractivity contribution < 1.29 is 9.15 Å².